The maximum atomic E-state index is 12.5. The van der Waals surface area contributed by atoms with Crippen molar-refractivity contribution < 1.29 is 22.8 Å². The van der Waals surface area contributed by atoms with E-state index in [1.165, 1.54) is 0 Å². The third-order valence-electron chi connectivity index (χ3n) is 3.70. The molecule has 23 heavy (non-hydrogen) atoms. The van der Waals surface area contributed by atoms with Gasteiger partial charge in [0.25, 0.3) is 5.91 Å². The van der Waals surface area contributed by atoms with E-state index in [9.17, 15) is 22.8 Å². The quantitative estimate of drug-likeness (QED) is 0.878. The summed E-state index contributed by atoms with van der Waals surface area (Å²) in [5, 5.41) is 5.60. The van der Waals surface area contributed by atoms with Crippen molar-refractivity contribution in [3.05, 3.63) is 35.4 Å². The zero-order valence-corrected chi connectivity index (χ0v) is 12.6. The molecular weight excluding hydrogens is 311 g/mol. The van der Waals surface area contributed by atoms with Gasteiger partial charge >= 0.3 is 6.18 Å². The zero-order chi connectivity index (χ0) is 17.0. The second kappa shape index (κ2) is 6.99. The molecule has 2 rings (SSSR count). The minimum atomic E-state index is -4.44. The Kier molecular flexibility index (Phi) is 5.25. The largest absolute Gasteiger partial charge is 0.416 e. The topological polar surface area (TPSA) is 61.4 Å². The SMILES string of the molecule is C[C@@H]1CNCCN1C(=O)CNC(=O)c1ccc(C(F)(F)F)cc1. The van der Waals surface area contributed by atoms with Crippen LogP contribution < -0.4 is 10.6 Å². The molecule has 0 bridgehead atoms. The molecule has 1 heterocycles. The first-order valence-corrected chi connectivity index (χ1v) is 7.24. The Bertz CT molecular complexity index is 572. The summed E-state index contributed by atoms with van der Waals surface area (Å²) < 4.78 is 37.4. The third-order valence-corrected chi connectivity index (χ3v) is 3.70. The predicted molar refractivity (Wildman–Crippen MR) is 77.8 cm³/mol. The van der Waals surface area contributed by atoms with Crippen molar-refractivity contribution in [2.45, 2.75) is 19.1 Å². The number of halogens is 3. The van der Waals surface area contributed by atoms with Crippen molar-refractivity contribution in [3.8, 4) is 0 Å². The van der Waals surface area contributed by atoms with Gasteiger partial charge in [0.2, 0.25) is 5.91 Å². The summed E-state index contributed by atoms with van der Waals surface area (Å²) in [4.78, 5) is 25.6. The van der Waals surface area contributed by atoms with Crippen molar-refractivity contribution in [2.75, 3.05) is 26.2 Å². The van der Waals surface area contributed by atoms with E-state index >= 15 is 0 Å². The smallest absolute Gasteiger partial charge is 0.343 e. The number of benzene rings is 1. The number of alkyl halides is 3. The number of nitrogens with one attached hydrogen (secondary N) is 2. The van der Waals surface area contributed by atoms with E-state index in [0.29, 0.717) is 19.6 Å². The molecule has 1 aliphatic rings. The lowest BCUT2D eigenvalue weighted by atomic mass is 10.1. The van der Waals surface area contributed by atoms with Crippen LogP contribution in [0.15, 0.2) is 24.3 Å². The summed E-state index contributed by atoms with van der Waals surface area (Å²) in [5.74, 6) is -0.783. The summed E-state index contributed by atoms with van der Waals surface area (Å²) in [6, 6.07) is 3.91. The molecule has 1 fully saturated rings. The summed E-state index contributed by atoms with van der Waals surface area (Å²) in [6.45, 7) is 3.68. The molecule has 0 aromatic heterocycles. The van der Waals surface area contributed by atoms with E-state index in [2.05, 4.69) is 10.6 Å². The molecule has 1 aromatic rings. The van der Waals surface area contributed by atoms with Gasteiger partial charge in [-0.15, -0.1) is 0 Å². The lowest BCUT2D eigenvalue weighted by Gasteiger charge is -2.34. The molecule has 0 saturated carbocycles. The van der Waals surface area contributed by atoms with Crippen LogP contribution in [0.1, 0.15) is 22.8 Å². The summed E-state index contributed by atoms with van der Waals surface area (Å²) in [7, 11) is 0. The molecule has 1 atom stereocenters. The maximum absolute atomic E-state index is 12.5. The van der Waals surface area contributed by atoms with Crippen molar-refractivity contribution in [1.82, 2.24) is 15.5 Å². The van der Waals surface area contributed by atoms with Crippen LogP contribution in [0.5, 0.6) is 0 Å². The summed E-state index contributed by atoms with van der Waals surface area (Å²) in [6.07, 6.45) is -4.44. The van der Waals surface area contributed by atoms with Crippen molar-refractivity contribution >= 4 is 11.8 Å². The maximum Gasteiger partial charge on any atom is 0.416 e. The van der Waals surface area contributed by atoms with Crippen LogP contribution in [0.2, 0.25) is 0 Å². The minimum Gasteiger partial charge on any atom is -0.343 e. The highest BCUT2D eigenvalue weighted by Gasteiger charge is 2.30. The van der Waals surface area contributed by atoms with Crippen LogP contribution in [0.25, 0.3) is 0 Å². The van der Waals surface area contributed by atoms with Gasteiger partial charge in [-0.3, -0.25) is 9.59 Å². The lowest BCUT2D eigenvalue weighted by Crippen LogP contribution is -2.54. The molecule has 2 N–H and O–H groups in total. The number of piperazine rings is 1. The average molecular weight is 329 g/mol. The molecule has 1 saturated heterocycles. The van der Waals surface area contributed by atoms with Crippen LogP contribution in [-0.4, -0.2) is 48.9 Å². The monoisotopic (exact) mass is 329 g/mol. The molecule has 126 valence electrons. The highest BCUT2D eigenvalue weighted by molar-refractivity contribution is 5.96. The number of carbonyl (C=O) groups excluding carboxylic acids is 2. The predicted octanol–water partition coefficient (Wildman–Crippen LogP) is 1.26. The lowest BCUT2D eigenvalue weighted by molar-refractivity contribution is -0.137. The molecule has 2 amide bonds. The Morgan fingerprint density at radius 3 is 2.52 bits per heavy atom. The molecule has 1 aromatic carbocycles. The Labute approximate surface area is 131 Å². The van der Waals surface area contributed by atoms with E-state index in [4.69, 9.17) is 0 Å². The molecule has 0 aliphatic carbocycles. The van der Waals surface area contributed by atoms with Gasteiger partial charge in [0.1, 0.15) is 0 Å². The van der Waals surface area contributed by atoms with Gasteiger partial charge in [0.15, 0.2) is 0 Å². The number of nitrogens with zero attached hydrogens (tertiary/aromatic N) is 1. The van der Waals surface area contributed by atoms with E-state index in [1.807, 2.05) is 6.92 Å². The van der Waals surface area contributed by atoms with Crippen LogP contribution in [-0.2, 0) is 11.0 Å². The molecule has 1 aliphatic heterocycles. The fourth-order valence-corrected chi connectivity index (χ4v) is 2.38. The Hall–Kier alpha value is -2.09. The summed E-state index contributed by atoms with van der Waals surface area (Å²) >= 11 is 0. The zero-order valence-electron chi connectivity index (χ0n) is 12.6. The average Bonchev–Trinajstić information content (AvgIpc) is 2.52. The normalized spacial score (nSPS) is 18.6. The second-order valence-corrected chi connectivity index (χ2v) is 5.40. The van der Waals surface area contributed by atoms with E-state index < -0.39 is 17.6 Å². The number of amides is 2. The van der Waals surface area contributed by atoms with Crippen LogP contribution in [0.4, 0.5) is 13.2 Å². The standard InChI is InChI=1S/C15H18F3N3O2/c1-10-8-19-6-7-21(10)13(22)9-20-14(23)11-2-4-12(5-3-11)15(16,17)18/h2-5,10,19H,6-9H2,1H3,(H,20,23)/t10-/m1/s1. The van der Waals surface area contributed by atoms with Crippen molar-refractivity contribution in [1.29, 1.82) is 0 Å². The molecule has 5 nitrogen and oxygen atoms in total. The van der Waals surface area contributed by atoms with Crippen LogP contribution in [0, 0.1) is 0 Å². The number of hydrogen-bond donors (Lipinski definition) is 2. The second-order valence-electron chi connectivity index (χ2n) is 5.40. The van der Waals surface area contributed by atoms with Gasteiger partial charge in [-0.1, -0.05) is 0 Å². The number of hydrogen-bond acceptors (Lipinski definition) is 3. The van der Waals surface area contributed by atoms with E-state index in [1.54, 1.807) is 4.90 Å². The number of carbonyl (C=O) groups is 2. The van der Waals surface area contributed by atoms with Crippen LogP contribution >= 0.6 is 0 Å². The molecule has 0 spiro atoms. The Morgan fingerprint density at radius 1 is 1.30 bits per heavy atom. The first-order chi connectivity index (χ1) is 10.8. The Morgan fingerprint density at radius 2 is 1.96 bits per heavy atom. The van der Waals surface area contributed by atoms with Gasteiger partial charge in [-0.25, -0.2) is 0 Å². The molecular formula is C15H18F3N3O2. The number of rotatable bonds is 3. The van der Waals surface area contributed by atoms with Crippen molar-refractivity contribution in [3.63, 3.8) is 0 Å². The fourth-order valence-electron chi connectivity index (χ4n) is 2.38. The minimum absolute atomic E-state index is 0.0409. The van der Waals surface area contributed by atoms with Gasteiger partial charge < -0.3 is 15.5 Å². The molecule has 0 unspecified atom stereocenters. The Balaban J connectivity index is 1.90. The fraction of sp³-hybridized carbons (Fsp3) is 0.467. The molecule has 8 heteroatoms. The van der Waals surface area contributed by atoms with Gasteiger partial charge in [-0.05, 0) is 31.2 Å². The highest BCUT2D eigenvalue weighted by Crippen LogP contribution is 2.29. The first-order valence-electron chi connectivity index (χ1n) is 7.24. The van der Waals surface area contributed by atoms with E-state index in [-0.39, 0.29) is 24.1 Å². The third kappa shape index (κ3) is 4.44. The highest BCUT2D eigenvalue weighted by atomic mass is 19.4. The van der Waals surface area contributed by atoms with Crippen molar-refractivity contribution in [2.24, 2.45) is 0 Å². The van der Waals surface area contributed by atoms with Crippen LogP contribution in [0.3, 0.4) is 0 Å². The van der Waals surface area contributed by atoms with Gasteiger partial charge in [-0.2, -0.15) is 13.2 Å². The first kappa shape index (κ1) is 17.3. The summed E-state index contributed by atoms with van der Waals surface area (Å²) in [5.41, 5.74) is -0.737. The van der Waals surface area contributed by atoms with E-state index in [0.717, 1.165) is 24.3 Å². The van der Waals surface area contributed by atoms with Gasteiger partial charge in [0.05, 0.1) is 12.1 Å². The molecule has 0 radical (unpaired) electrons. The van der Waals surface area contributed by atoms with Gasteiger partial charge in [0, 0.05) is 31.2 Å².